The van der Waals surface area contributed by atoms with Crippen molar-refractivity contribution in [3.05, 3.63) is 18.2 Å². The Bertz CT molecular complexity index is 833. The van der Waals surface area contributed by atoms with Crippen LogP contribution < -0.4 is 27.4 Å². The van der Waals surface area contributed by atoms with E-state index in [1.807, 2.05) is 0 Å². The summed E-state index contributed by atoms with van der Waals surface area (Å²) >= 11 is 3.91. The Morgan fingerprint density at radius 2 is 1.64 bits per heavy atom. The fourth-order valence-electron chi connectivity index (χ4n) is 2.84. The van der Waals surface area contributed by atoms with Crippen LogP contribution in [0.3, 0.4) is 0 Å². The number of amides is 4. The molecular formula is C19H31N7O6S. The number of carboxylic acids is 1. The monoisotopic (exact) mass is 485 g/mol. The normalized spacial score (nSPS) is 14.6. The molecule has 1 aromatic heterocycles. The van der Waals surface area contributed by atoms with Gasteiger partial charge in [0.15, 0.2) is 0 Å². The minimum atomic E-state index is -1.40. The van der Waals surface area contributed by atoms with Crippen molar-refractivity contribution in [2.24, 2.45) is 17.4 Å². The molecule has 13 nitrogen and oxygen atoms in total. The third-order valence-electron chi connectivity index (χ3n) is 4.51. The quantitative estimate of drug-likeness (QED) is 0.133. The minimum absolute atomic E-state index is 0.00593. The number of rotatable bonds is 14. The minimum Gasteiger partial charge on any atom is -0.480 e. The lowest BCUT2D eigenvalue weighted by Crippen LogP contribution is -2.58. The van der Waals surface area contributed by atoms with E-state index >= 15 is 0 Å². The standard InChI is InChI=1S/C19H31N7O6S/c1-9(2)3-14(19(31)32)26-17(29)12(4-10-6-22-8-23-10)25-18(30)13(5-15(21)27)24-16(28)11(20)7-33/h6,8-9,11-14,33H,3-5,7,20H2,1-2H3,(H2,21,27)(H,22,23)(H,24,28)(H,25,30)(H,26,29)(H,31,32). The number of aromatic nitrogens is 2. The first kappa shape index (κ1) is 27.9. The van der Waals surface area contributed by atoms with E-state index in [-0.39, 0.29) is 24.5 Å². The highest BCUT2D eigenvalue weighted by Gasteiger charge is 2.31. The highest BCUT2D eigenvalue weighted by molar-refractivity contribution is 7.80. The lowest BCUT2D eigenvalue weighted by Gasteiger charge is -2.25. The third-order valence-corrected chi connectivity index (χ3v) is 4.90. The van der Waals surface area contributed by atoms with E-state index < -0.39 is 60.2 Å². The molecule has 0 fully saturated rings. The number of hydrogen-bond acceptors (Lipinski definition) is 8. The van der Waals surface area contributed by atoms with Crippen molar-refractivity contribution in [3.63, 3.8) is 0 Å². The molecule has 1 heterocycles. The van der Waals surface area contributed by atoms with Gasteiger partial charge in [0.1, 0.15) is 18.1 Å². The second-order valence-electron chi connectivity index (χ2n) is 7.89. The van der Waals surface area contributed by atoms with Gasteiger partial charge in [0.25, 0.3) is 0 Å². The van der Waals surface area contributed by atoms with Crippen LogP contribution in [0.5, 0.6) is 0 Å². The molecule has 0 saturated heterocycles. The fourth-order valence-corrected chi connectivity index (χ4v) is 3.00. The zero-order valence-corrected chi connectivity index (χ0v) is 19.3. The van der Waals surface area contributed by atoms with E-state index in [0.29, 0.717) is 5.69 Å². The van der Waals surface area contributed by atoms with E-state index in [1.54, 1.807) is 13.8 Å². The Morgan fingerprint density at radius 3 is 2.12 bits per heavy atom. The van der Waals surface area contributed by atoms with Gasteiger partial charge < -0.3 is 37.5 Å². The number of nitrogens with one attached hydrogen (secondary N) is 4. The Morgan fingerprint density at radius 1 is 1.06 bits per heavy atom. The molecule has 184 valence electrons. The first-order valence-electron chi connectivity index (χ1n) is 10.2. The largest absolute Gasteiger partial charge is 0.480 e. The molecule has 4 unspecified atom stereocenters. The maximum atomic E-state index is 12.9. The average Bonchev–Trinajstić information content (AvgIpc) is 3.23. The molecule has 33 heavy (non-hydrogen) atoms. The SMILES string of the molecule is CC(C)CC(NC(=O)C(Cc1cnc[nH]1)NC(=O)C(CC(N)=O)NC(=O)C(N)CS)C(=O)O. The van der Waals surface area contributed by atoms with Gasteiger partial charge >= 0.3 is 5.97 Å². The molecule has 4 amide bonds. The molecule has 0 aromatic carbocycles. The number of aromatic amines is 1. The molecule has 9 N–H and O–H groups in total. The van der Waals surface area contributed by atoms with Gasteiger partial charge in [-0.15, -0.1) is 0 Å². The lowest BCUT2D eigenvalue weighted by molar-refractivity contribution is -0.143. The molecule has 0 radical (unpaired) electrons. The molecule has 1 rings (SSSR count). The van der Waals surface area contributed by atoms with Gasteiger partial charge in [-0.2, -0.15) is 12.6 Å². The van der Waals surface area contributed by atoms with E-state index in [2.05, 4.69) is 38.5 Å². The molecule has 0 aliphatic carbocycles. The van der Waals surface area contributed by atoms with Gasteiger partial charge in [0.2, 0.25) is 23.6 Å². The van der Waals surface area contributed by atoms with Gasteiger partial charge in [-0.05, 0) is 12.3 Å². The van der Waals surface area contributed by atoms with Crippen molar-refractivity contribution in [2.75, 3.05) is 5.75 Å². The number of carbonyl (C=O) groups is 5. The number of aliphatic carboxylic acids is 1. The first-order chi connectivity index (χ1) is 15.4. The lowest BCUT2D eigenvalue weighted by atomic mass is 10.0. The highest BCUT2D eigenvalue weighted by atomic mass is 32.1. The number of nitrogens with zero attached hydrogens (tertiary/aromatic N) is 1. The summed E-state index contributed by atoms with van der Waals surface area (Å²) in [7, 11) is 0. The predicted octanol–water partition coefficient (Wildman–Crippen LogP) is -2.33. The van der Waals surface area contributed by atoms with E-state index in [1.165, 1.54) is 12.5 Å². The molecular weight excluding hydrogens is 454 g/mol. The summed E-state index contributed by atoms with van der Waals surface area (Å²) in [5.74, 6) is -4.47. The van der Waals surface area contributed by atoms with Crippen LogP contribution in [0.1, 0.15) is 32.4 Å². The number of carboxylic acid groups (broad SMARTS) is 1. The zero-order chi connectivity index (χ0) is 25.1. The van der Waals surface area contributed by atoms with Crippen molar-refractivity contribution in [1.29, 1.82) is 0 Å². The Hall–Kier alpha value is -3.13. The molecule has 0 bridgehead atoms. The maximum Gasteiger partial charge on any atom is 0.326 e. The molecule has 1 aromatic rings. The third kappa shape index (κ3) is 9.91. The van der Waals surface area contributed by atoms with Crippen LogP contribution in [0, 0.1) is 5.92 Å². The van der Waals surface area contributed by atoms with Crippen LogP contribution in [0.25, 0.3) is 0 Å². The van der Waals surface area contributed by atoms with Gasteiger partial charge in [0, 0.05) is 24.1 Å². The number of nitrogens with two attached hydrogens (primary N) is 2. The molecule has 4 atom stereocenters. The summed E-state index contributed by atoms with van der Waals surface area (Å²) in [6.45, 7) is 3.61. The summed E-state index contributed by atoms with van der Waals surface area (Å²) in [6, 6.07) is -4.84. The van der Waals surface area contributed by atoms with Crippen molar-refractivity contribution in [2.45, 2.75) is 57.3 Å². The number of primary amides is 1. The van der Waals surface area contributed by atoms with E-state index in [9.17, 15) is 29.1 Å². The summed E-state index contributed by atoms with van der Waals surface area (Å²) < 4.78 is 0. The Kier molecular flexibility index (Phi) is 11.4. The van der Waals surface area contributed by atoms with Crippen LogP contribution in [0.15, 0.2) is 12.5 Å². The van der Waals surface area contributed by atoms with Crippen molar-refractivity contribution in [1.82, 2.24) is 25.9 Å². The van der Waals surface area contributed by atoms with Crippen LogP contribution in [0.4, 0.5) is 0 Å². The summed E-state index contributed by atoms with van der Waals surface area (Å²) in [6.07, 6.45) is 2.39. The van der Waals surface area contributed by atoms with Crippen molar-refractivity contribution < 1.29 is 29.1 Å². The topological polar surface area (TPSA) is 222 Å². The molecule has 14 heteroatoms. The van der Waals surface area contributed by atoms with Gasteiger partial charge in [-0.3, -0.25) is 19.2 Å². The maximum absolute atomic E-state index is 12.9. The number of imidazole rings is 1. The van der Waals surface area contributed by atoms with E-state index in [0.717, 1.165) is 0 Å². The summed E-state index contributed by atoms with van der Waals surface area (Å²) in [4.78, 5) is 67.4. The highest BCUT2D eigenvalue weighted by Crippen LogP contribution is 2.07. The summed E-state index contributed by atoms with van der Waals surface area (Å²) in [5.41, 5.74) is 11.3. The molecule has 0 spiro atoms. The van der Waals surface area contributed by atoms with Crippen molar-refractivity contribution >= 4 is 42.2 Å². The first-order valence-corrected chi connectivity index (χ1v) is 10.8. The molecule has 0 aliphatic heterocycles. The second-order valence-corrected chi connectivity index (χ2v) is 8.26. The van der Waals surface area contributed by atoms with Gasteiger partial charge in [0.05, 0.1) is 18.8 Å². The van der Waals surface area contributed by atoms with E-state index in [4.69, 9.17) is 11.5 Å². The average molecular weight is 486 g/mol. The Labute approximate surface area is 196 Å². The van der Waals surface area contributed by atoms with Gasteiger partial charge in [-0.25, -0.2) is 9.78 Å². The van der Waals surface area contributed by atoms with Crippen LogP contribution >= 0.6 is 12.6 Å². The number of hydrogen-bond donors (Lipinski definition) is 8. The predicted molar refractivity (Wildman–Crippen MR) is 121 cm³/mol. The molecule has 0 saturated carbocycles. The fraction of sp³-hybridized carbons (Fsp3) is 0.579. The number of carbonyl (C=O) groups excluding carboxylic acids is 4. The number of thiol groups is 1. The van der Waals surface area contributed by atoms with Crippen LogP contribution in [-0.4, -0.2) is 74.6 Å². The van der Waals surface area contributed by atoms with Crippen LogP contribution in [0.2, 0.25) is 0 Å². The zero-order valence-electron chi connectivity index (χ0n) is 18.4. The molecule has 0 aliphatic rings. The van der Waals surface area contributed by atoms with Crippen molar-refractivity contribution in [3.8, 4) is 0 Å². The summed E-state index contributed by atoms with van der Waals surface area (Å²) in [5, 5.41) is 16.6. The van der Waals surface area contributed by atoms with Crippen LogP contribution in [-0.2, 0) is 30.4 Å². The van der Waals surface area contributed by atoms with Gasteiger partial charge in [-0.1, -0.05) is 13.8 Å². The number of H-pyrrole nitrogens is 1. The smallest absolute Gasteiger partial charge is 0.326 e. The Balaban J connectivity index is 3.07. The second kappa shape index (κ2) is 13.4.